The number of hydrogen-bond donors (Lipinski definition) is 1. The lowest BCUT2D eigenvalue weighted by Crippen LogP contribution is -2.53. The van der Waals surface area contributed by atoms with Gasteiger partial charge in [-0.1, -0.05) is 30.2 Å². The van der Waals surface area contributed by atoms with Crippen LogP contribution in [0.4, 0.5) is 0 Å². The molecule has 16 heavy (non-hydrogen) atoms. The Hall–Kier alpha value is -0.600. The number of halogens is 1. The van der Waals surface area contributed by atoms with E-state index in [9.17, 15) is 4.79 Å². The molecule has 0 aromatic heterocycles. The van der Waals surface area contributed by atoms with Crippen molar-refractivity contribution in [1.29, 1.82) is 0 Å². The van der Waals surface area contributed by atoms with E-state index in [-0.39, 0.29) is 0 Å². The lowest BCUT2D eigenvalue weighted by atomic mass is 9.74. The van der Waals surface area contributed by atoms with E-state index >= 15 is 0 Å². The second kappa shape index (κ2) is 4.72. The fourth-order valence-electron chi connectivity index (χ4n) is 2.72. The number of hydrogen-bond acceptors (Lipinski definition) is 2. The van der Waals surface area contributed by atoms with Crippen LogP contribution in [0.1, 0.15) is 38.5 Å². The number of carbonyl (C=O) groups excluding carboxylic acids is 1. The van der Waals surface area contributed by atoms with Crippen LogP contribution in [0.15, 0.2) is 22.8 Å². The summed E-state index contributed by atoms with van der Waals surface area (Å²) in [6.45, 7) is 0. The predicted molar refractivity (Wildman–Crippen MR) is 66.5 cm³/mol. The van der Waals surface area contributed by atoms with E-state index in [2.05, 4.69) is 11.4 Å². The summed E-state index contributed by atoms with van der Waals surface area (Å²) in [6, 6.07) is 0. The second-order valence-corrected chi connectivity index (χ2v) is 5.00. The topological polar surface area (TPSA) is 29.1 Å². The molecule has 0 amide bonds. The molecule has 0 spiro atoms. The standard InChI is InChI=1S/C13H18ClNO/c1-15-13(9-5-4-8-12(13)16)10-6-2-3-7-11(10)14/h2,6,15H,3-5,7-9H2,1H3/t13-/m1/s1. The van der Waals surface area contributed by atoms with Gasteiger partial charge in [0.15, 0.2) is 5.78 Å². The minimum atomic E-state index is -0.508. The van der Waals surface area contributed by atoms with Crippen molar-refractivity contribution in [3.05, 3.63) is 22.8 Å². The molecule has 0 unspecified atom stereocenters. The summed E-state index contributed by atoms with van der Waals surface area (Å²) in [5.41, 5.74) is 0.499. The van der Waals surface area contributed by atoms with Crippen molar-refractivity contribution in [2.45, 2.75) is 44.1 Å². The van der Waals surface area contributed by atoms with Gasteiger partial charge in [-0.3, -0.25) is 4.79 Å². The van der Waals surface area contributed by atoms with Crippen LogP contribution in [-0.2, 0) is 4.79 Å². The van der Waals surface area contributed by atoms with Crippen LogP contribution in [-0.4, -0.2) is 18.4 Å². The Kier molecular flexibility index (Phi) is 3.50. The third-order valence-corrected chi connectivity index (χ3v) is 4.07. The zero-order valence-electron chi connectivity index (χ0n) is 9.68. The predicted octanol–water partition coefficient (Wildman–Crippen LogP) is 2.93. The Balaban J connectivity index is 2.40. The molecule has 88 valence electrons. The summed E-state index contributed by atoms with van der Waals surface area (Å²) in [7, 11) is 1.86. The van der Waals surface area contributed by atoms with Crippen molar-refractivity contribution < 1.29 is 4.79 Å². The first kappa shape index (κ1) is 11.9. The Morgan fingerprint density at radius 2 is 2.19 bits per heavy atom. The zero-order valence-corrected chi connectivity index (χ0v) is 10.4. The van der Waals surface area contributed by atoms with Crippen LogP contribution in [0.3, 0.4) is 0 Å². The normalized spacial score (nSPS) is 31.0. The molecule has 3 heteroatoms. The van der Waals surface area contributed by atoms with Crippen LogP contribution < -0.4 is 5.32 Å². The fraction of sp³-hybridized carbons (Fsp3) is 0.615. The number of carbonyl (C=O) groups is 1. The number of nitrogens with one attached hydrogen (secondary N) is 1. The Labute approximate surface area is 102 Å². The largest absolute Gasteiger partial charge is 0.304 e. The van der Waals surface area contributed by atoms with Crippen LogP contribution in [0, 0.1) is 0 Å². The van der Waals surface area contributed by atoms with E-state index in [0.717, 1.165) is 42.7 Å². The third kappa shape index (κ3) is 1.85. The Morgan fingerprint density at radius 3 is 2.81 bits per heavy atom. The van der Waals surface area contributed by atoms with Gasteiger partial charge in [0, 0.05) is 11.5 Å². The number of allylic oxidation sites excluding steroid dienone is 2. The van der Waals surface area contributed by atoms with Gasteiger partial charge in [-0.25, -0.2) is 0 Å². The number of likely N-dealkylation sites (N-methyl/N-ethyl adjacent to an activating group) is 1. The van der Waals surface area contributed by atoms with E-state index < -0.39 is 5.54 Å². The van der Waals surface area contributed by atoms with Gasteiger partial charge < -0.3 is 5.32 Å². The van der Waals surface area contributed by atoms with Crippen LogP contribution in [0.25, 0.3) is 0 Å². The minimum Gasteiger partial charge on any atom is -0.304 e. The third-order valence-electron chi connectivity index (χ3n) is 3.68. The van der Waals surface area contributed by atoms with Crippen molar-refractivity contribution in [3.8, 4) is 0 Å². The molecule has 0 aliphatic heterocycles. The summed E-state index contributed by atoms with van der Waals surface area (Å²) in [5, 5.41) is 4.08. The van der Waals surface area contributed by atoms with Gasteiger partial charge in [-0.2, -0.15) is 0 Å². The molecule has 1 fully saturated rings. The molecule has 2 aliphatic rings. The highest BCUT2D eigenvalue weighted by molar-refractivity contribution is 6.30. The Bertz CT molecular complexity index is 359. The smallest absolute Gasteiger partial charge is 0.157 e. The van der Waals surface area contributed by atoms with Crippen molar-refractivity contribution in [2.24, 2.45) is 0 Å². The molecule has 2 rings (SSSR count). The summed E-state index contributed by atoms with van der Waals surface area (Å²) in [6.07, 6.45) is 9.64. The van der Waals surface area contributed by atoms with Crippen molar-refractivity contribution >= 4 is 17.4 Å². The van der Waals surface area contributed by atoms with Gasteiger partial charge in [-0.15, -0.1) is 0 Å². The first-order chi connectivity index (χ1) is 7.70. The summed E-state index contributed by atoms with van der Waals surface area (Å²) in [4.78, 5) is 12.2. The van der Waals surface area contributed by atoms with Gasteiger partial charge in [0.25, 0.3) is 0 Å². The highest BCUT2D eigenvalue weighted by Gasteiger charge is 2.42. The average molecular weight is 240 g/mol. The van der Waals surface area contributed by atoms with Crippen molar-refractivity contribution in [3.63, 3.8) is 0 Å². The summed E-state index contributed by atoms with van der Waals surface area (Å²) >= 11 is 6.29. The maximum Gasteiger partial charge on any atom is 0.157 e. The van der Waals surface area contributed by atoms with E-state index in [4.69, 9.17) is 11.6 Å². The van der Waals surface area contributed by atoms with Gasteiger partial charge in [0.1, 0.15) is 5.54 Å². The molecule has 0 aromatic rings. The zero-order chi connectivity index (χ0) is 11.6. The lowest BCUT2D eigenvalue weighted by Gasteiger charge is -2.38. The van der Waals surface area contributed by atoms with Gasteiger partial charge >= 0.3 is 0 Å². The number of rotatable bonds is 2. The molecule has 1 saturated carbocycles. The van der Waals surface area contributed by atoms with E-state index in [0.29, 0.717) is 12.2 Å². The Morgan fingerprint density at radius 1 is 1.38 bits per heavy atom. The molecule has 0 radical (unpaired) electrons. The van der Waals surface area contributed by atoms with Crippen molar-refractivity contribution in [1.82, 2.24) is 5.32 Å². The molecular formula is C13H18ClNO. The maximum absolute atomic E-state index is 12.2. The molecule has 1 atom stereocenters. The second-order valence-electron chi connectivity index (χ2n) is 4.55. The van der Waals surface area contributed by atoms with E-state index in [1.165, 1.54) is 0 Å². The van der Waals surface area contributed by atoms with E-state index in [1.807, 2.05) is 13.1 Å². The molecule has 0 bridgehead atoms. The molecule has 2 aliphatic carbocycles. The SMILES string of the molecule is CN[C@@]1(C2=C(Cl)CCC=C2)CCCCC1=O. The first-order valence-electron chi connectivity index (χ1n) is 5.98. The molecule has 0 heterocycles. The quantitative estimate of drug-likeness (QED) is 0.803. The summed E-state index contributed by atoms with van der Waals surface area (Å²) < 4.78 is 0. The van der Waals surface area contributed by atoms with Gasteiger partial charge in [0.2, 0.25) is 0 Å². The average Bonchev–Trinajstić information content (AvgIpc) is 2.31. The van der Waals surface area contributed by atoms with Gasteiger partial charge in [0.05, 0.1) is 0 Å². The molecule has 0 saturated heterocycles. The monoisotopic (exact) mass is 239 g/mol. The highest BCUT2D eigenvalue weighted by Crippen LogP contribution is 2.37. The minimum absolute atomic E-state index is 0.293. The van der Waals surface area contributed by atoms with Gasteiger partial charge in [-0.05, 0) is 38.3 Å². The van der Waals surface area contributed by atoms with E-state index in [1.54, 1.807) is 0 Å². The van der Waals surface area contributed by atoms with Crippen LogP contribution in [0.5, 0.6) is 0 Å². The molecule has 2 nitrogen and oxygen atoms in total. The molecule has 0 aromatic carbocycles. The van der Waals surface area contributed by atoms with Crippen LogP contribution >= 0.6 is 11.6 Å². The molecular weight excluding hydrogens is 222 g/mol. The molecule has 1 N–H and O–H groups in total. The fourth-order valence-corrected chi connectivity index (χ4v) is 3.06. The highest BCUT2D eigenvalue weighted by atomic mass is 35.5. The maximum atomic E-state index is 12.2. The van der Waals surface area contributed by atoms with Crippen LogP contribution in [0.2, 0.25) is 0 Å². The summed E-state index contributed by atoms with van der Waals surface area (Å²) in [5.74, 6) is 0.293. The lowest BCUT2D eigenvalue weighted by molar-refractivity contribution is -0.125. The number of Topliss-reactive ketones (excluding diaryl/α,β-unsaturated/α-hetero) is 1. The first-order valence-corrected chi connectivity index (χ1v) is 6.36. The van der Waals surface area contributed by atoms with Crippen molar-refractivity contribution in [2.75, 3.05) is 7.05 Å². The number of ketones is 1.